The minimum Gasteiger partial charge on any atom is -0.370 e. The Balaban J connectivity index is 2.00. The summed E-state index contributed by atoms with van der Waals surface area (Å²) < 4.78 is 0. The number of nitrogens with zero attached hydrogens (tertiary/aromatic N) is 2. The van der Waals surface area contributed by atoms with E-state index < -0.39 is 0 Å². The standard InChI is InChI=1S/C13H23N5/c1-3-6-15-11-8-12(18-13(14)17-11)16-10-5-4-9(2)7-10/h8-10H,3-7H2,1-2H3,(H4,14,15,16,17,18). The van der Waals surface area contributed by atoms with Crippen LogP contribution in [0.5, 0.6) is 0 Å². The molecule has 0 saturated heterocycles. The third-order valence-corrected chi connectivity index (χ3v) is 3.35. The first kappa shape index (κ1) is 12.9. The van der Waals surface area contributed by atoms with Crippen LogP contribution in [0.1, 0.15) is 39.5 Å². The molecule has 0 aliphatic heterocycles. The van der Waals surface area contributed by atoms with Gasteiger partial charge in [-0.15, -0.1) is 0 Å². The molecule has 2 rings (SSSR count). The van der Waals surface area contributed by atoms with Crippen LogP contribution in [0.25, 0.3) is 0 Å². The van der Waals surface area contributed by atoms with Crippen molar-refractivity contribution < 1.29 is 0 Å². The monoisotopic (exact) mass is 249 g/mol. The number of nitrogens with two attached hydrogens (primary N) is 1. The molecule has 1 heterocycles. The van der Waals surface area contributed by atoms with Crippen LogP contribution in [0.3, 0.4) is 0 Å². The molecule has 0 aromatic carbocycles. The summed E-state index contributed by atoms with van der Waals surface area (Å²) >= 11 is 0. The molecular formula is C13H23N5. The lowest BCUT2D eigenvalue weighted by molar-refractivity contribution is 0.602. The van der Waals surface area contributed by atoms with Crippen LogP contribution in [-0.4, -0.2) is 22.6 Å². The highest BCUT2D eigenvalue weighted by Gasteiger charge is 2.21. The van der Waals surface area contributed by atoms with Gasteiger partial charge in [-0.25, -0.2) is 0 Å². The van der Waals surface area contributed by atoms with Gasteiger partial charge in [0, 0.05) is 18.7 Å². The first-order valence-electron chi connectivity index (χ1n) is 6.82. The van der Waals surface area contributed by atoms with E-state index in [2.05, 4.69) is 34.4 Å². The molecular weight excluding hydrogens is 226 g/mol. The third-order valence-electron chi connectivity index (χ3n) is 3.35. The number of rotatable bonds is 5. The van der Waals surface area contributed by atoms with E-state index in [-0.39, 0.29) is 0 Å². The second-order valence-electron chi connectivity index (χ2n) is 5.18. The number of nitrogens with one attached hydrogen (secondary N) is 2. The van der Waals surface area contributed by atoms with Gasteiger partial charge in [-0.1, -0.05) is 13.8 Å². The highest BCUT2D eigenvalue weighted by atomic mass is 15.1. The van der Waals surface area contributed by atoms with Gasteiger partial charge in [0.15, 0.2) is 0 Å². The average molecular weight is 249 g/mol. The average Bonchev–Trinajstić information content (AvgIpc) is 2.71. The zero-order valence-electron chi connectivity index (χ0n) is 11.2. The molecule has 5 nitrogen and oxygen atoms in total. The molecule has 4 N–H and O–H groups in total. The summed E-state index contributed by atoms with van der Waals surface area (Å²) in [6.45, 7) is 5.32. The SMILES string of the molecule is CCCNc1cc(NC2CCC(C)C2)nc(N)n1. The summed E-state index contributed by atoms with van der Waals surface area (Å²) in [5.74, 6) is 2.77. The molecule has 2 atom stereocenters. The van der Waals surface area contributed by atoms with E-state index in [0.29, 0.717) is 12.0 Å². The Labute approximate surface area is 109 Å². The van der Waals surface area contributed by atoms with E-state index in [1.165, 1.54) is 19.3 Å². The van der Waals surface area contributed by atoms with Crippen molar-refractivity contribution in [2.45, 2.75) is 45.6 Å². The van der Waals surface area contributed by atoms with Crippen molar-refractivity contribution >= 4 is 17.6 Å². The van der Waals surface area contributed by atoms with Crippen LogP contribution in [0.4, 0.5) is 17.6 Å². The summed E-state index contributed by atoms with van der Waals surface area (Å²) in [6, 6.07) is 2.46. The number of nitrogen functional groups attached to an aromatic ring is 1. The lowest BCUT2D eigenvalue weighted by atomic mass is 10.1. The summed E-state index contributed by atoms with van der Waals surface area (Å²) in [7, 11) is 0. The maximum atomic E-state index is 5.73. The zero-order chi connectivity index (χ0) is 13.0. The number of hydrogen-bond acceptors (Lipinski definition) is 5. The Morgan fingerprint density at radius 3 is 2.78 bits per heavy atom. The van der Waals surface area contributed by atoms with Gasteiger partial charge in [0.05, 0.1) is 0 Å². The van der Waals surface area contributed by atoms with Crippen LogP contribution in [0.15, 0.2) is 6.07 Å². The normalized spacial score (nSPS) is 23.0. The third kappa shape index (κ3) is 3.48. The first-order valence-corrected chi connectivity index (χ1v) is 6.82. The molecule has 18 heavy (non-hydrogen) atoms. The fourth-order valence-corrected chi connectivity index (χ4v) is 2.43. The fraction of sp³-hybridized carbons (Fsp3) is 0.692. The Hall–Kier alpha value is -1.52. The molecule has 5 heteroatoms. The lowest BCUT2D eigenvalue weighted by Gasteiger charge is -2.14. The molecule has 0 amide bonds. The second-order valence-corrected chi connectivity index (χ2v) is 5.18. The van der Waals surface area contributed by atoms with E-state index >= 15 is 0 Å². The minimum absolute atomic E-state index is 0.324. The van der Waals surface area contributed by atoms with Gasteiger partial charge in [-0.3, -0.25) is 0 Å². The number of hydrogen-bond donors (Lipinski definition) is 3. The van der Waals surface area contributed by atoms with Crippen molar-refractivity contribution in [2.24, 2.45) is 5.92 Å². The van der Waals surface area contributed by atoms with Gasteiger partial charge in [-0.2, -0.15) is 9.97 Å². The van der Waals surface area contributed by atoms with Crippen LogP contribution < -0.4 is 16.4 Å². The van der Waals surface area contributed by atoms with Gasteiger partial charge in [0.25, 0.3) is 0 Å². The largest absolute Gasteiger partial charge is 0.370 e. The van der Waals surface area contributed by atoms with E-state index in [1.807, 2.05) is 6.07 Å². The molecule has 1 saturated carbocycles. The maximum absolute atomic E-state index is 5.73. The molecule has 1 aliphatic rings. The maximum Gasteiger partial charge on any atom is 0.223 e. The zero-order valence-corrected chi connectivity index (χ0v) is 11.2. The molecule has 100 valence electrons. The molecule has 2 unspecified atom stereocenters. The summed E-state index contributed by atoms with van der Waals surface area (Å²) in [4.78, 5) is 8.42. The van der Waals surface area contributed by atoms with Crippen molar-refractivity contribution in [3.8, 4) is 0 Å². The van der Waals surface area contributed by atoms with E-state index in [0.717, 1.165) is 30.5 Å². The van der Waals surface area contributed by atoms with Crippen molar-refractivity contribution in [1.29, 1.82) is 0 Å². The van der Waals surface area contributed by atoms with Crippen LogP contribution in [-0.2, 0) is 0 Å². The molecule has 1 aromatic heterocycles. The topological polar surface area (TPSA) is 75.9 Å². The predicted octanol–water partition coefficient (Wildman–Crippen LogP) is 2.48. The van der Waals surface area contributed by atoms with Crippen molar-refractivity contribution in [2.75, 3.05) is 22.9 Å². The fourth-order valence-electron chi connectivity index (χ4n) is 2.43. The number of aromatic nitrogens is 2. The predicted molar refractivity (Wildman–Crippen MR) is 75.7 cm³/mol. The Morgan fingerprint density at radius 2 is 2.11 bits per heavy atom. The Bertz CT molecular complexity index is 393. The molecule has 1 aromatic rings. The molecule has 1 fully saturated rings. The molecule has 0 radical (unpaired) electrons. The highest BCUT2D eigenvalue weighted by Crippen LogP contribution is 2.27. The van der Waals surface area contributed by atoms with Crippen LogP contribution in [0.2, 0.25) is 0 Å². The van der Waals surface area contributed by atoms with Crippen molar-refractivity contribution in [3.63, 3.8) is 0 Å². The van der Waals surface area contributed by atoms with Gasteiger partial charge >= 0.3 is 0 Å². The quantitative estimate of drug-likeness (QED) is 0.747. The van der Waals surface area contributed by atoms with Gasteiger partial charge in [0.1, 0.15) is 11.6 Å². The van der Waals surface area contributed by atoms with Crippen LogP contribution in [0, 0.1) is 5.92 Å². The second kappa shape index (κ2) is 5.89. The van der Waals surface area contributed by atoms with Crippen molar-refractivity contribution in [3.05, 3.63) is 6.07 Å². The Morgan fingerprint density at radius 1 is 1.33 bits per heavy atom. The lowest BCUT2D eigenvalue weighted by Crippen LogP contribution is -2.17. The van der Waals surface area contributed by atoms with E-state index in [9.17, 15) is 0 Å². The minimum atomic E-state index is 0.324. The highest BCUT2D eigenvalue weighted by molar-refractivity contribution is 5.51. The summed E-state index contributed by atoms with van der Waals surface area (Å²) in [5, 5.41) is 6.70. The smallest absolute Gasteiger partial charge is 0.223 e. The molecule has 1 aliphatic carbocycles. The molecule has 0 spiro atoms. The summed E-state index contributed by atoms with van der Waals surface area (Å²) in [5.41, 5.74) is 5.73. The van der Waals surface area contributed by atoms with Gasteiger partial charge in [0.2, 0.25) is 5.95 Å². The van der Waals surface area contributed by atoms with E-state index in [1.54, 1.807) is 0 Å². The number of anilines is 3. The molecule has 0 bridgehead atoms. The van der Waals surface area contributed by atoms with Crippen LogP contribution >= 0.6 is 0 Å². The van der Waals surface area contributed by atoms with E-state index in [4.69, 9.17) is 5.73 Å². The first-order chi connectivity index (χ1) is 8.67. The van der Waals surface area contributed by atoms with Crippen molar-refractivity contribution in [1.82, 2.24) is 9.97 Å². The van der Waals surface area contributed by atoms with Gasteiger partial charge < -0.3 is 16.4 Å². The summed E-state index contributed by atoms with van der Waals surface area (Å²) in [6.07, 6.45) is 4.77. The Kier molecular flexibility index (Phi) is 4.23. The van der Waals surface area contributed by atoms with Gasteiger partial charge in [-0.05, 0) is 31.6 Å².